The van der Waals surface area contributed by atoms with Gasteiger partial charge in [0.1, 0.15) is 5.78 Å². The second-order valence-electron chi connectivity index (χ2n) is 4.29. The van der Waals surface area contributed by atoms with Crippen LogP contribution in [0.3, 0.4) is 0 Å². The lowest BCUT2D eigenvalue weighted by Crippen LogP contribution is -2.54. The van der Waals surface area contributed by atoms with Crippen LogP contribution in [0.4, 0.5) is 0 Å². The van der Waals surface area contributed by atoms with Crippen molar-refractivity contribution in [3.8, 4) is 0 Å². The Morgan fingerprint density at radius 3 is 2.71 bits per heavy atom. The van der Waals surface area contributed by atoms with E-state index in [1.165, 1.54) is 0 Å². The number of Topliss-reactive ketones (excluding diaryl/α,β-unsaturated/α-hetero) is 1. The summed E-state index contributed by atoms with van der Waals surface area (Å²) < 4.78 is 10.7. The SMILES string of the molecule is CCC1(C)C(=O)CC1OC(C)COC. The highest BCUT2D eigenvalue weighted by atomic mass is 16.5. The van der Waals surface area contributed by atoms with Crippen LogP contribution in [0.5, 0.6) is 0 Å². The third-order valence-corrected chi connectivity index (χ3v) is 3.25. The predicted octanol–water partition coefficient (Wildman–Crippen LogP) is 1.80. The first-order chi connectivity index (χ1) is 6.54. The van der Waals surface area contributed by atoms with E-state index in [2.05, 4.69) is 0 Å². The highest BCUT2D eigenvalue weighted by Gasteiger charge is 2.50. The van der Waals surface area contributed by atoms with E-state index in [-0.39, 0.29) is 17.6 Å². The molecular weight excluding hydrogens is 180 g/mol. The largest absolute Gasteiger partial charge is 0.382 e. The quantitative estimate of drug-likeness (QED) is 0.678. The van der Waals surface area contributed by atoms with E-state index in [1.807, 2.05) is 20.8 Å². The fourth-order valence-corrected chi connectivity index (χ4v) is 1.85. The smallest absolute Gasteiger partial charge is 0.143 e. The molecule has 1 aliphatic rings. The molecule has 14 heavy (non-hydrogen) atoms. The highest BCUT2D eigenvalue weighted by molar-refractivity contribution is 5.91. The fraction of sp³-hybridized carbons (Fsp3) is 0.909. The molecular formula is C11H20O3. The van der Waals surface area contributed by atoms with Gasteiger partial charge in [-0.25, -0.2) is 0 Å². The molecule has 0 aromatic carbocycles. The van der Waals surface area contributed by atoms with Crippen LogP contribution in [-0.4, -0.2) is 31.7 Å². The lowest BCUT2D eigenvalue weighted by atomic mass is 9.64. The van der Waals surface area contributed by atoms with Crippen LogP contribution in [-0.2, 0) is 14.3 Å². The maximum atomic E-state index is 11.4. The molecule has 3 nitrogen and oxygen atoms in total. The van der Waals surface area contributed by atoms with Gasteiger partial charge in [0.05, 0.1) is 24.2 Å². The summed E-state index contributed by atoms with van der Waals surface area (Å²) in [4.78, 5) is 11.4. The Kier molecular flexibility index (Phi) is 3.67. The van der Waals surface area contributed by atoms with Crippen molar-refractivity contribution in [2.75, 3.05) is 13.7 Å². The monoisotopic (exact) mass is 200 g/mol. The summed E-state index contributed by atoms with van der Waals surface area (Å²) in [6, 6.07) is 0. The van der Waals surface area contributed by atoms with E-state index in [9.17, 15) is 4.79 Å². The summed E-state index contributed by atoms with van der Waals surface area (Å²) in [5.74, 6) is 0.328. The first-order valence-corrected chi connectivity index (χ1v) is 5.22. The minimum absolute atomic E-state index is 0.0731. The van der Waals surface area contributed by atoms with E-state index in [0.29, 0.717) is 18.8 Å². The van der Waals surface area contributed by atoms with Gasteiger partial charge in [-0.3, -0.25) is 4.79 Å². The summed E-state index contributed by atoms with van der Waals surface area (Å²) >= 11 is 0. The Labute approximate surface area is 85.8 Å². The first kappa shape index (κ1) is 11.7. The molecule has 0 radical (unpaired) electrons. The molecule has 1 aliphatic carbocycles. The van der Waals surface area contributed by atoms with Crippen LogP contribution in [0, 0.1) is 5.41 Å². The number of hydrogen-bond acceptors (Lipinski definition) is 3. The number of methoxy groups -OCH3 is 1. The lowest BCUT2D eigenvalue weighted by Gasteiger charge is -2.45. The van der Waals surface area contributed by atoms with Crippen LogP contribution >= 0.6 is 0 Å². The summed E-state index contributed by atoms with van der Waals surface area (Å²) in [5, 5.41) is 0. The van der Waals surface area contributed by atoms with Crippen LogP contribution in [0.1, 0.15) is 33.6 Å². The molecule has 0 saturated heterocycles. The normalized spacial score (nSPS) is 34.0. The van der Waals surface area contributed by atoms with Crippen LogP contribution in [0.25, 0.3) is 0 Å². The Bertz CT molecular complexity index is 215. The van der Waals surface area contributed by atoms with Crippen LogP contribution in [0.2, 0.25) is 0 Å². The van der Waals surface area contributed by atoms with E-state index >= 15 is 0 Å². The molecule has 0 aliphatic heterocycles. The molecule has 0 spiro atoms. The molecule has 0 aromatic heterocycles. The summed E-state index contributed by atoms with van der Waals surface area (Å²) in [6.45, 7) is 6.59. The Morgan fingerprint density at radius 2 is 2.29 bits per heavy atom. The molecule has 0 aromatic rings. The third-order valence-electron chi connectivity index (χ3n) is 3.25. The van der Waals surface area contributed by atoms with Crippen molar-refractivity contribution in [3.63, 3.8) is 0 Å². The van der Waals surface area contributed by atoms with Crippen molar-refractivity contribution < 1.29 is 14.3 Å². The van der Waals surface area contributed by atoms with E-state index in [1.54, 1.807) is 7.11 Å². The molecule has 82 valence electrons. The van der Waals surface area contributed by atoms with Gasteiger partial charge in [0.15, 0.2) is 0 Å². The molecule has 3 heteroatoms. The summed E-state index contributed by atoms with van der Waals surface area (Å²) in [7, 11) is 1.66. The second kappa shape index (κ2) is 4.41. The van der Waals surface area contributed by atoms with E-state index in [4.69, 9.17) is 9.47 Å². The van der Waals surface area contributed by atoms with E-state index < -0.39 is 0 Å². The van der Waals surface area contributed by atoms with Gasteiger partial charge in [-0.1, -0.05) is 13.8 Å². The molecule has 0 amide bonds. The number of rotatable bonds is 5. The zero-order valence-corrected chi connectivity index (χ0v) is 9.50. The Morgan fingerprint density at radius 1 is 1.64 bits per heavy atom. The number of hydrogen-bond donors (Lipinski definition) is 0. The van der Waals surface area contributed by atoms with Crippen molar-refractivity contribution in [3.05, 3.63) is 0 Å². The third kappa shape index (κ3) is 1.98. The van der Waals surface area contributed by atoms with Gasteiger partial charge in [-0.15, -0.1) is 0 Å². The fourth-order valence-electron chi connectivity index (χ4n) is 1.85. The summed E-state index contributed by atoms with van der Waals surface area (Å²) in [6.07, 6.45) is 1.59. The number of carbonyl (C=O) groups is 1. The van der Waals surface area contributed by atoms with Crippen LogP contribution in [0.15, 0.2) is 0 Å². The predicted molar refractivity (Wildman–Crippen MR) is 54.2 cm³/mol. The maximum Gasteiger partial charge on any atom is 0.143 e. The van der Waals surface area contributed by atoms with Crippen molar-refractivity contribution in [2.24, 2.45) is 5.41 Å². The van der Waals surface area contributed by atoms with Gasteiger partial charge < -0.3 is 9.47 Å². The lowest BCUT2D eigenvalue weighted by molar-refractivity contribution is -0.171. The molecule has 1 saturated carbocycles. The van der Waals surface area contributed by atoms with Crippen LogP contribution < -0.4 is 0 Å². The van der Waals surface area contributed by atoms with Gasteiger partial charge in [0.25, 0.3) is 0 Å². The first-order valence-electron chi connectivity index (χ1n) is 5.22. The zero-order valence-electron chi connectivity index (χ0n) is 9.50. The summed E-state index contributed by atoms with van der Waals surface area (Å²) in [5.41, 5.74) is -0.248. The number of ketones is 1. The maximum absolute atomic E-state index is 11.4. The average Bonchev–Trinajstić information content (AvgIpc) is 2.16. The molecule has 0 N–H and O–H groups in total. The molecule has 0 bridgehead atoms. The van der Waals surface area contributed by atoms with Gasteiger partial charge in [0.2, 0.25) is 0 Å². The minimum atomic E-state index is -0.248. The van der Waals surface area contributed by atoms with Gasteiger partial charge in [-0.05, 0) is 13.3 Å². The second-order valence-corrected chi connectivity index (χ2v) is 4.29. The number of ether oxygens (including phenoxy) is 2. The Hall–Kier alpha value is -0.410. The number of carbonyl (C=O) groups excluding carboxylic acids is 1. The van der Waals surface area contributed by atoms with Crippen molar-refractivity contribution in [1.29, 1.82) is 0 Å². The molecule has 1 fully saturated rings. The average molecular weight is 200 g/mol. The van der Waals surface area contributed by atoms with Crippen molar-refractivity contribution in [2.45, 2.75) is 45.8 Å². The molecule has 0 heterocycles. The van der Waals surface area contributed by atoms with Crippen molar-refractivity contribution in [1.82, 2.24) is 0 Å². The standard InChI is InChI=1S/C11H20O3/c1-5-11(3)9(12)6-10(11)14-8(2)7-13-4/h8,10H,5-7H2,1-4H3. The Balaban J connectivity index is 2.44. The van der Waals surface area contributed by atoms with Crippen molar-refractivity contribution >= 4 is 5.78 Å². The van der Waals surface area contributed by atoms with Gasteiger partial charge >= 0.3 is 0 Å². The topological polar surface area (TPSA) is 35.5 Å². The minimum Gasteiger partial charge on any atom is -0.382 e. The molecule has 3 atom stereocenters. The molecule has 1 rings (SSSR count). The van der Waals surface area contributed by atoms with E-state index in [0.717, 1.165) is 6.42 Å². The van der Waals surface area contributed by atoms with Gasteiger partial charge in [0, 0.05) is 13.5 Å². The molecule has 3 unspecified atom stereocenters. The highest BCUT2D eigenvalue weighted by Crippen LogP contribution is 2.42. The zero-order chi connectivity index (χ0) is 10.8. The van der Waals surface area contributed by atoms with Gasteiger partial charge in [-0.2, -0.15) is 0 Å².